The Morgan fingerprint density at radius 1 is 0.476 bits per heavy atom. The first kappa shape index (κ1) is 60.8. The van der Waals surface area contributed by atoms with E-state index in [0.29, 0.717) is 19.3 Å². The van der Waals surface area contributed by atoms with Gasteiger partial charge in [0.2, 0.25) is 5.91 Å². The summed E-state index contributed by atoms with van der Waals surface area (Å²) in [6.45, 7) is 6.36. The van der Waals surface area contributed by atoms with Gasteiger partial charge in [-0.2, -0.15) is 0 Å². The van der Waals surface area contributed by atoms with Gasteiger partial charge in [-0.1, -0.05) is 268 Å². The largest absolute Gasteiger partial charge is 0.462 e. The summed E-state index contributed by atoms with van der Waals surface area (Å²) in [5.41, 5.74) is 0. The van der Waals surface area contributed by atoms with Gasteiger partial charge in [0, 0.05) is 6.42 Å². The lowest BCUT2D eigenvalue weighted by atomic mass is 10.0. The SMILES string of the molecule is CC/C=C/C=C/C=C/C=C\CCCCCCCC(=O)OC(CCCCCCCCCCCCCCCCCCC)CC(=O)NC(CO)C(O)CCCCCCCCCCCCCC. The molecule has 0 saturated heterocycles. The molecule has 0 aromatic heterocycles. The van der Waals surface area contributed by atoms with Gasteiger partial charge in [-0.25, -0.2) is 0 Å². The fourth-order valence-electron chi connectivity index (χ4n) is 8.38. The van der Waals surface area contributed by atoms with Crippen molar-refractivity contribution in [2.24, 2.45) is 0 Å². The summed E-state index contributed by atoms with van der Waals surface area (Å²) >= 11 is 0. The molecule has 6 heteroatoms. The standard InChI is InChI=1S/C57H105NO5/c1-4-7-10-13-16-19-22-25-27-28-30-31-33-36-39-42-45-48-53(63-57(62)50-47-44-41-38-35-32-29-26-23-20-17-14-11-8-5-2)51-56(61)58-54(52-59)55(60)49-46-43-40-37-34-24-21-18-15-12-9-6-3/h8,11,14,17,20,23,26,29,53-55,59-60H,4-7,9-10,12-13,15-16,18-19,21-22,24-25,27-28,30-52H2,1-3H3,(H,58,61)/b11-8+,17-14+,23-20+,29-26-. The first-order chi connectivity index (χ1) is 31.0. The Labute approximate surface area is 391 Å². The molecule has 0 aliphatic carbocycles. The molecule has 0 aliphatic heterocycles. The normalized spacial score (nSPS) is 13.5. The molecule has 0 bridgehead atoms. The van der Waals surface area contributed by atoms with Crippen LogP contribution in [0.4, 0.5) is 0 Å². The molecule has 0 aromatic rings. The lowest BCUT2D eigenvalue weighted by molar-refractivity contribution is -0.151. The van der Waals surface area contributed by atoms with Crippen LogP contribution < -0.4 is 5.32 Å². The molecule has 0 radical (unpaired) electrons. The number of allylic oxidation sites excluding steroid dienone is 8. The summed E-state index contributed by atoms with van der Waals surface area (Å²) < 4.78 is 5.94. The van der Waals surface area contributed by atoms with Gasteiger partial charge >= 0.3 is 5.97 Å². The molecule has 3 N–H and O–H groups in total. The van der Waals surface area contributed by atoms with E-state index in [2.05, 4.69) is 56.5 Å². The molecule has 0 rings (SSSR count). The van der Waals surface area contributed by atoms with Crippen molar-refractivity contribution >= 4 is 11.9 Å². The number of esters is 1. The number of aliphatic hydroxyl groups excluding tert-OH is 2. The predicted octanol–water partition coefficient (Wildman–Crippen LogP) is 16.6. The molecule has 0 fully saturated rings. The molecule has 6 nitrogen and oxygen atoms in total. The van der Waals surface area contributed by atoms with Gasteiger partial charge in [-0.05, 0) is 44.9 Å². The average molecular weight is 884 g/mol. The van der Waals surface area contributed by atoms with E-state index < -0.39 is 18.2 Å². The Morgan fingerprint density at radius 3 is 1.30 bits per heavy atom. The van der Waals surface area contributed by atoms with Gasteiger partial charge in [-0.3, -0.25) is 9.59 Å². The summed E-state index contributed by atoms with van der Waals surface area (Å²) in [4.78, 5) is 26.2. The van der Waals surface area contributed by atoms with Gasteiger partial charge in [0.1, 0.15) is 6.10 Å². The lowest BCUT2D eigenvalue weighted by Gasteiger charge is -2.24. The highest BCUT2D eigenvalue weighted by atomic mass is 16.5. The maximum atomic E-state index is 13.2. The Balaban J connectivity index is 4.59. The summed E-state index contributed by atoms with van der Waals surface area (Å²) in [6, 6.07) is -0.705. The minimum Gasteiger partial charge on any atom is -0.462 e. The molecular formula is C57H105NO5. The molecule has 0 saturated carbocycles. The average Bonchev–Trinajstić information content (AvgIpc) is 3.28. The van der Waals surface area contributed by atoms with Crippen LogP contribution in [-0.4, -0.2) is 46.9 Å². The second kappa shape index (κ2) is 50.8. The van der Waals surface area contributed by atoms with Crippen molar-refractivity contribution in [2.45, 2.75) is 296 Å². The second-order valence-corrected chi connectivity index (χ2v) is 18.7. The fraction of sp³-hybridized carbons (Fsp3) is 0.825. The topological polar surface area (TPSA) is 95.9 Å². The van der Waals surface area contributed by atoms with E-state index in [0.717, 1.165) is 77.0 Å². The minimum atomic E-state index is -0.790. The second-order valence-electron chi connectivity index (χ2n) is 18.7. The van der Waals surface area contributed by atoms with Crippen molar-refractivity contribution in [2.75, 3.05) is 6.61 Å². The van der Waals surface area contributed by atoms with Crippen molar-refractivity contribution in [1.29, 1.82) is 0 Å². The quantitative estimate of drug-likeness (QED) is 0.0321. The molecule has 3 unspecified atom stereocenters. The molecule has 63 heavy (non-hydrogen) atoms. The lowest BCUT2D eigenvalue weighted by Crippen LogP contribution is -2.46. The molecule has 3 atom stereocenters. The fourth-order valence-corrected chi connectivity index (χ4v) is 8.38. The first-order valence-electron chi connectivity index (χ1n) is 27.4. The van der Waals surface area contributed by atoms with Crippen LogP contribution in [0.5, 0.6) is 0 Å². The van der Waals surface area contributed by atoms with Crippen molar-refractivity contribution < 1.29 is 24.5 Å². The maximum absolute atomic E-state index is 13.2. The van der Waals surface area contributed by atoms with Crippen molar-refractivity contribution in [3.8, 4) is 0 Å². The van der Waals surface area contributed by atoms with Crippen molar-refractivity contribution in [3.63, 3.8) is 0 Å². The summed E-state index contributed by atoms with van der Waals surface area (Å²) in [6.07, 6.45) is 61.7. The Bertz CT molecular complexity index is 1080. The maximum Gasteiger partial charge on any atom is 0.306 e. The van der Waals surface area contributed by atoms with Crippen LogP contribution in [0.25, 0.3) is 0 Å². The zero-order chi connectivity index (χ0) is 45.9. The first-order valence-corrected chi connectivity index (χ1v) is 27.4. The van der Waals surface area contributed by atoms with E-state index in [4.69, 9.17) is 4.74 Å². The van der Waals surface area contributed by atoms with Crippen LogP contribution in [-0.2, 0) is 14.3 Å². The van der Waals surface area contributed by atoms with Gasteiger partial charge in [0.25, 0.3) is 0 Å². The Hall–Kier alpha value is -2.18. The molecule has 0 spiro atoms. The highest BCUT2D eigenvalue weighted by Crippen LogP contribution is 2.19. The third-order valence-corrected chi connectivity index (χ3v) is 12.5. The van der Waals surface area contributed by atoms with Crippen molar-refractivity contribution in [1.82, 2.24) is 5.32 Å². The molecule has 0 aromatic carbocycles. The molecule has 0 heterocycles. The summed E-state index contributed by atoms with van der Waals surface area (Å²) in [7, 11) is 0. The predicted molar refractivity (Wildman–Crippen MR) is 273 cm³/mol. The van der Waals surface area contributed by atoms with E-state index in [1.165, 1.54) is 154 Å². The van der Waals surface area contributed by atoms with Crippen LogP contribution in [0.3, 0.4) is 0 Å². The number of rotatable bonds is 49. The zero-order valence-electron chi connectivity index (χ0n) is 42.0. The van der Waals surface area contributed by atoms with Crippen LogP contribution in [0.2, 0.25) is 0 Å². The number of aliphatic hydroxyl groups is 2. The zero-order valence-corrected chi connectivity index (χ0v) is 42.0. The Morgan fingerprint density at radius 2 is 0.857 bits per heavy atom. The van der Waals surface area contributed by atoms with Gasteiger partial charge in [0.15, 0.2) is 0 Å². The molecular weight excluding hydrogens is 779 g/mol. The number of carbonyl (C=O) groups excluding carboxylic acids is 2. The number of nitrogens with one attached hydrogen (secondary N) is 1. The Kier molecular flexibility index (Phi) is 49.1. The van der Waals surface area contributed by atoms with E-state index in [9.17, 15) is 19.8 Å². The summed E-state index contributed by atoms with van der Waals surface area (Å²) in [5.74, 6) is -0.489. The number of hydrogen-bond acceptors (Lipinski definition) is 5. The molecule has 368 valence electrons. The monoisotopic (exact) mass is 884 g/mol. The third kappa shape index (κ3) is 46.2. The third-order valence-electron chi connectivity index (χ3n) is 12.5. The van der Waals surface area contributed by atoms with Crippen LogP contribution in [0.15, 0.2) is 48.6 Å². The van der Waals surface area contributed by atoms with Crippen LogP contribution in [0, 0.1) is 0 Å². The molecule has 1 amide bonds. The number of unbranched alkanes of at least 4 members (excludes halogenated alkanes) is 32. The van der Waals surface area contributed by atoms with Gasteiger partial charge in [0.05, 0.1) is 25.2 Å². The van der Waals surface area contributed by atoms with Crippen LogP contribution >= 0.6 is 0 Å². The van der Waals surface area contributed by atoms with E-state index in [-0.39, 0.29) is 24.9 Å². The molecule has 0 aliphatic rings. The number of carbonyl (C=O) groups is 2. The smallest absolute Gasteiger partial charge is 0.306 e. The van der Waals surface area contributed by atoms with Crippen molar-refractivity contribution in [3.05, 3.63) is 48.6 Å². The van der Waals surface area contributed by atoms with E-state index >= 15 is 0 Å². The van der Waals surface area contributed by atoms with E-state index in [1.807, 2.05) is 18.2 Å². The van der Waals surface area contributed by atoms with Gasteiger partial charge in [-0.15, -0.1) is 0 Å². The van der Waals surface area contributed by atoms with Gasteiger partial charge < -0.3 is 20.3 Å². The minimum absolute atomic E-state index is 0.0708. The van der Waals surface area contributed by atoms with Crippen LogP contribution in [0.1, 0.15) is 278 Å². The highest BCUT2D eigenvalue weighted by molar-refractivity contribution is 5.77. The number of amides is 1. The number of hydrogen-bond donors (Lipinski definition) is 3. The summed E-state index contributed by atoms with van der Waals surface area (Å²) in [5, 5.41) is 23.8. The highest BCUT2D eigenvalue weighted by Gasteiger charge is 2.24. The number of ether oxygens (including phenoxy) is 1. The van der Waals surface area contributed by atoms with E-state index in [1.54, 1.807) is 0 Å².